The summed E-state index contributed by atoms with van der Waals surface area (Å²) in [5.74, 6) is 1.74. The summed E-state index contributed by atoms with van der Waals surface area (Å²) in [5.41, 5.74) is 3.05. The predicted molar refractivity (Wildman–Crippen MR) is 75.4 cm³/mol. The Kier molecular flexibility index (Phi) is 3.37. The van der Waals surface area contributed by atoms with Crippen molar-refractivity contribution in [2.75, 3.05) is 6.61 Å². The minimum atomic E-state index is -0.569. The largest absolute Gasteiger partial charge is 0.493 e. The number of aryl methyl sites for hydroxylation is 1. The average molecular weight is 323 g/mol. The lowest BCUT2D eigenvalue weighted by atomic mass is 10.00. The van der Waals surface area contributed by atoms with Crippen LogP contribution in [0.5, 0.6) is 5.75 Å². The van der Waals surface area contributed by atoms with Crippen LogP contribution >= 0.6 is 15.9 Å². The molecule has 1 aromatic heterocycles. The zero-order chi connectivity index (χ0) is 13.4. The first kappa shape index (κ1) is 12.8. The third kappa shape index (κ3) is 2.55. The molecule has 0 spiro atoms. The van der Waals surface area contributed by atoms with E-state index in [2.05, 4.69) is 22.0 Å². The quantitative estimate of drug-likeness (QED) is 0.939. The van der Waals surface area contributed by atoms with E-state index in [-0.39, 0.29) is 0 Å². The first-order valence-electron chi connectivity index (χ1n) is 6.30. The van der Waals surface area contributed by atoms with Crippen LogP contribution in [0.15, 0.2) is 33.4 Å². The highest BCUT2D eigenvalue weighted by Crippen LogP contribution is 2.35. The van der Waals surface area contributed by atoms with E-state index in [4.69, 9.17) is 9.15 Å². The molecule has 0 aliphatic carbocycles. The second kappa shape index (κ2) is 5.02. The first-order chi connectivity index (χ1) is 9.13. The topological polar surface area (TPSA) is 42.6 Å². The average Bonchev–Trinajstić information content (AvgIpc) is 2.97. The van der Waals surface area contributed by atoms with E-state index >= 15 is 0 Å². The minimum absolute atomic E-state index is 0.529. The molecule has 0 amide bonds. The van der Waals surface area contributed by atoms with E-state index < -0.39 is 6.10 Å². The Morgan fingerprint density at radius 2 is 2.21 bits per heavy atom. The van der Waals surface area contributed by atoms with Crippen LogP contribution in [0.3, 0.4) is 0 Å². The number of furan rings is 1. The molecule has 1 unspecified atom stereocenters. The maximum absolute atomic E-state index is 10.3. The molecule has 100 valence electrons. The number of ether oxygens (including phenoxy) is 1. The van der Waals surface area contributed by atoms with Crippen LogP contribution in [0.1, 0.15) is 28.6 Å². The first-order valence-corrected chi connectivity index (χ1v) is 7.10. The van der Waals surface area contributed by atoms with Crippen molar-refractivity contribution in [2.45, 2.75) is 25.9 Å². The summed E-state index contributed by atoms with van der Waals surface area (Å²) in [6.07, 6.45) is 2.50. The van der Waals surface area contributed by atoms with Gasteiger partial charge in [-0.3, -0.25) is 0 Å². The van der Waals surface area contributed by atoms with Crippen molar-refractivity contribution < 1.29 is 14.3 Å². The molecule has 0 radical (unpaired) electrons. The van der Waals surface area contributed by atoms with E-state index in [1.807, 2.05) is 19.1 Å². The number of benzene rings is 1. The van der Waals surface area contributed by atoms with E-state index in [1.54, 1.807) is 6.26 Å². The van der Waals surface area contributed by atoms with Crippen LogP contribution in [-0.4, -0.2) is 11.7 Å². The Morgan fingerprint density at radius 3 is 2.95 bits per heavy atom. The Hall–Kier alpha value is -1.26. The molecule has 4 heteroatoms. The third-order valence-corrected chi connectivity index (χ3v) is 3.83. The number of rotatable bonds is 3. The van der Waals surface area contributed by atoms with Crippen LogP contribution in [0, 0.1) is 6.92 Å². The van der Waals surface area contributed by atoms with Gasteiger partial charge >= 0.3 is 0 Å². The molecule has 3 nitrogen and oxygen atoms in total. The lowest BCUT2D eigenvalue weighted by molar-refractivity contribution is 0.176. The monoisotopic (exact) mass is 322 g/mol. The van der Waals surface area contributed by atoms with E-state index in [1.165, 1.54) is 5.56 Å². The second-order valence-corrected chi connectivity index (χ2v) is 5.78. The highest BCUT2D eigenvalue weighted by Gasteiger charge is 2.20. The molecule has 0 saturated carbocycles. The summed E-state index contributed by atoms with van der Waals surface area (Å²) >= 11 is 3.51. The Balaban J connectivity index is 1.87. The van der Waals surface area contributed by atoms with Crippen molar-refractivity contribution in [3.8, 4) is 5.75 Å². The molecule has 0 bridgehead atoms. The normalized spacial score (nSPS) is 15.1. The van der Waals surface area contributed by atoms with Crippen molar-refractivity contribution in [2.24, 2.45) is 0 Å². The number of hydrogen-bond donors (Lipinski definition) is 1. The molecular formula is C15H15BrO3. The summed E-state index contributed by atoms with van der Waals surface area (Å²) in [5, 5.41) is 10.3. The molecule has 0 fully saturated rings. The molecular weight excluding hydrogens is 308 g/mol. The maximum Gasteiger partial charge on any atom is 0.125 e. The number of hydrogen-bond acceptors (Lipinski definition) is 3. The number of aliphatic hydroxyl groups excluding tert-OH is 1. The van der Waals surface area contributed by atoms with Gasteiger partial charge in [-0.2, -0.15) is 0 Å². The predicted octanol–water partition coefficient (Wildman–Crippen LogP) is 3.56. The number of aliphatic hydroxyl groups is 1. The van der Waals surface area contributed by atoms with E-state index in [0.29, 0.717) is 6.42 Å². The molecule has 1 aliphatic rings. The molecule has 1 N–H and O–H groups in total. The Bertz CT molecular complexity index is 603. The van der Waals surface area contributed by atoms with E-state index in [0.717, 1.165) is 40.1 Å². The van der Waals surface area contributed by atoms with Crippen LogP contribution in [-0.2, 0) is 12.8 Å². The van der Waals surface area contributed by atoms with Gasteiger partial charge in [-0.05, 0) is 36.2 Å². The number of halogens is 1. The fraction of sp³-hybridized carbons (Fsp3) is 0.333. The Morgan fingerprint density at radius 1 is 1.37 bits per heavy atom. The van der Waals surface area contributed by atoms with Gasteiger partial charge in [0.15, 0.2) is 0 Å². The van der Waals surface area contributed by atoms with Crippen LogP contribution in [0.2, 0.25) is 0 Å². The SMILES string of the molecule is Cc1cc(C(O)Cc2cc(Br)cc3c2OCC3)co1. The van der Waals surface area contributed by atoms with Crippen molar-refractivity contribution >= 4 is 15.9 Å². The fourth-order valence-electron chi connectivity index (χ4n) is 2.46. The molecule has 1 aromatic carbocycles. The number of fused-ring (bicyclic) bond motifs is 1. The smallest absolute Gasteiger partial charge is 0.125 e. The lowest BCUT2D eigenvalue weighted by Gasteiger charge is -2.12. The van der Waals surface area contributed by atoms with Gasteiger partial charge in [-0.25, -0.2) is 0 Å². The highest BCUT2D eigenvalue weighted by atomic mass is 79.9. The summed E-state index contributed by atoms with van der Waals surface area (Å²) in [6.45, 7) is 2.59. The standard InChI is InChI=1S/C15H15BrO3/c1-9-4-12(8-19-9)14(17)7-11-6-13(16)5-10-2-3-18-15(10)11/h4-6,8,14,17H,2-3,7H2,1H3. The molecule has 2 heterocycles. The second-order valence-electron chi connectivity index (χ2n) is 4.86. The Labute approximate surface area is 120 Å². The molecule has 1 atom stereocenters. The van der Waals surface area contributed by atoms with Gasteiger partial charge in [0.05, 0.1) is 19.0 Å². The zero-order valence-electron chi connectivity index (χ0n) is 10.6. The fourth-order valence-corrected chi connectivity index (χ4v) is 3.01. The van der Waals surface area contributed by atoms with Crippen LogP contribution in [0.4, 0.5) is 0 Å². The van der Waals surface area contributed by atoms with Crippen molar-refractivity contribution in [3.05, 3.63) is 51.4 Å². The molecule has 1 aliphatic heterocycles. The van der Waals surface area contributed by atoms with Gasteiger partial charge < -0.3 is 14.3 Å². The lowest BCUT2D eigenvalue weighted by Crippen LogP contribution is -2.02. The van der Waals surface area contributed by atoms with Crippen LogP contribution in [0.25, 0.3) is 0 Å². The van der Waals surface area contributed by atoms with Gasteiger partial charge in [-0.15, -0.1) is 0 Å². The minimum Gasteiger partial charge on any atom is -0.493 e. The summed E-state index contributed by atoms with van der Waals surface area (Å²) in [7, 11) is 0. The molecule has 2 aromatic rings. The van der Waals surface area contributed by atoms with Gasteiger partial charge in [0.1, 0.15) is 11.5 Å². The summed E-state index contributed by atoms with van der Waals surface area (Å²) in [4.78, 5) is 0. The van der Waals surface area contributed by atoms with Crippen molar-refractivity contribution in [1.29, 1.82) is 0 Å². The zero-order valence-corrected chi connectivity index (χ0v) is 12.2. The maximum atomic E-state index is 10.3. The van der Waals surface area contributed by atoms with Crippen LogP contribution < -0.4 is 4.74 Å². The molecule has 19 heavy (non-hydrogen) atoms. The molecule has 0 saturated heterocycles. The van der Waals surface area contributed by atoms with Gasteiger partial charge in [0.25, 0.3) is 0 Å². The summed E-state index contributed by atoms with van der Waals surface area (Å²) in [6, 6.07) is 5.96. The van der Waals surface area contributed by atoms with Gasteiger partial charge in [0, 0.05) is 22.9 Å². The third-order valence-electron chi connectivity index (χ3n) is 3.37. The molecule has 3 rings (SSSR count). The van der Waals surface area contributed by atoms with Crippen molar-refractivity contribution in [3.63, 3.8) is 0 Å². The van der Waals surface area contributed by atoms with Gasteiger partial charge in [0.2, 0.25) is 0 Å². The summed E-state index contributed by atoms with van der Waals surface area (Å²) < 4.78 is 11.9. The van der Waals surface area contributed by atoms with Gasteiger partial charge in [-0.1, -0.05) is 15.9 Å². The van der Waals surface area contributed by atoms with Crippen molar-refractivity contribution in [1.82, 2.24) is 0 Å². The highest BCUT2D eigenvalue weighted by molar-refractivity contribution is 9.10. The van der Waals surface area contributed by atoms with E-state index in [9.17, 15) is 5.11 Å².